The lowest BCUT2D eigenvalue weighted by molar-refractivity contribution is 0.0535. The van der Waals surface area contributed by atoms with Crippen molar-refractivity contribution in [2.75, 3.05) is 38.7 Å². The number of hydrogen-bond donors (Lipinski definition) is 1. The molecule has 142 valence electrons. The summed E-state index contributed by atoms with van der Waals surface area (Å²) in [4.78, 5) is 28.7. The summed E-state index contributed by atoms with van der Waals surface area (Å²) in [7, 11) is 0. The highest BCUT2D eigenvalue weighted by Gasteiger charge is 2.26. The van der Waals surface area contributed by atoms with E-state index in [1.807, 2.05) is 0 Å². The van der Waals surface area contributed by atoms with Crippen molar-refractivity contribution in [3.05, 3.63) is 53.6 Å². The largest absolute Gasteiger partial charge is 0.454 e. The Morgan fingerprint density at radius 2 is 1.30 bits per heavy atom. The van der Waals surface area contributed by atoms with Crippen LogP contribution < -0.4 is 15.2 Å². The van der Waals surface area contributed by atoms with Crippen molar-refractivity contribution >= 4 is 29.9 Å². The van der Waals surface area contributed by atoms with Crippen LogP contribution in [0.2, 0.25) is 0 Å². The van der Waals surface area contributed by atoms with Gasteiger partial charge in [-0.3, -0.25) is 9.59 Å². The van der Waals surface area contributed by atoms with E-state index in [1.165, 1.54) is 0 Å². The number of benzene rings is 2. The molecule has 2 N–H and O–H groups in total. The second-order valence-corrected chi connectivity index (χ2v) is 6.27. The Morgan fingerprint density at radius 1 is 0.778 bits per heavy atom. The van der Waals surface area contributed by atoms with Gasteiger partial charge in [-0.15, -0.1) is 12.4 Å². The van der Waals surface area contributed by atoms with Gasteiger partial charge in [0.05, 0.1) is 0 Å². The van der Waals surface area contributed by atoms with Crippen molar-refractivity contribution in [2.45, 2.75) is 0 Å². The maximum absolute atomic E-state index is 12.7. The smallest absolute Gasteiger partial charge is 0.254 e. The monoisotopic (exact) mass is 389 g/mol. The molecular weight excluding hydrogens is 370 g/mol. The number of ether oxygens (including phenoxy) is 2. The number of anilines is 1. The van der Waals surface area contributed by atoms with E-state index in [-0.39, 0.29) is 31.0 Å². The minimum Gasteiger partial charge on any atom is -0.454 e. The predicted octanol–water partition coefficient (Wildman–Crippen LogP) is 2.02. The van der Waals surface area contributed by atoms with Gasteiger partial charge in [0.2, 0.25) is 6.79 Å². The van der Waals surface area contributed by atoms with Crippen LogP contribution in [-0.2, 0) is 0 Å². The summed E-state index contributed by atoms with van der Waals surface area (Å²) < 4.78 is 10.6. The summed E-state index contributed by atoms with van der Waals surface area (Å²) in [5, 5.41) is 0. The van der Waals surface area contributed by atoms with Gasteiger partial charge in [0.1, 0.15) is 0 Å². The number of nitrogen functional groups attached to an aromatic ring is 1. The quantitative estimate of drug-likeness (QED) is 0.794. The molecular formula is C19H20ClN3O4. The van der Waals surface area contributed by atoms with E-state index >= 15 is 0 Å². The first kappa shape index (κ1) is 18.8. The second-order valence-electron chi connectivity index (χ2n) is 6.27. The van der Waals surface area contributed by atoms with Gasteiger partial charge in [-0.2, -0.15) is 0 Å². The van der Waals surface area contributed by atoms with Gasteiger partial charge < -0.3 is 25.0 Å². The Bertz CT molecular complexity index is 849. The number of nitrogens with zero attached hydrogens (tertiary/aromatic N) is 2. The molecule has 2 aromatic rings. The van der Waals surface area contributed by atoms with Crippen molar-refractivity contribution in [1.82, 2.24) is 9.80 Å². The van der Waals surface area contributed by atoms with Gasteiger partial charge in [0.15, 0.2) is 11.5 Å². The first-order chi connectivity index (χ1) is 12.6. The Labute approximate surface area is 163 Å². The predicted molar refractivity (Wildman–Crippen MR) is 102 cm³/mol. The van der Waals surface area contributed by atoms with Crippen LogP contribution in [0.25, 0.3) is 0 Å². The van der Waals surface area contributed by atoms with Crippen LogP contribution in [0.1, 0.15) is 20.7 Å². The second kappa shape index (κ2) is 7.75. The number of nitrogens with two attached hydrogens (primary N) is 1. The number of rotatable bonds is 2. The van der Waals surface area contributed by atoms with Crippen molar-refractivity contribution < 1.29 is 19.1 Å². The third-order valence-corrected chi connectivity index (χ3v) is 4.63. The fourth-order valence-electron chi connectivity index (χ4n) is 3.13. The highest BCUT2D eigenvalue weighted by atomic mass is 35.5. The van der Waals surface area contributed by atoms with Crippen LogP contribution in [-0.4, -0.2) is 54.6 Å². The summed E-state index contributed by atoms with van der Waals surface area (Å²) in [6, 6.07) is 12.1. The Kier molecular flexibility index (Phi) is 5.41. The van der Waals surface area contributed by atoms with E-state index in [2.05, 4.69) is 0 Å². The minimum absolute atomic E-state index is 0. The zero-order chi connectivity index (χ0) is 18.1. The number of halogens is 1. The summed E-state index contributed by atoms with van der Waals surface area (Å²) >= 11 is 0. The standard InChI is InChI=1S/C19H19N3O4.ClH/c20-15-4-1-13(2-5-15)18(23)21-7-9-22(10-8-21)19(24)14-3-6-16-17(11-14)26-12-25-16;/h1-6,11H,7-10,12,20H2;1H. The molecule has 2 aromatic carbocycles. The third kappa shape index (κ3) is 3.78. The van der Waals surface area contributed by atoms with Gasteiger partial charge in [0.25, 0.3) is 11.8 Å². The highest BCUT2D eigenvalue weighted by molar-refractivity contribution is 5.96. The van der Waals surface area contributed by atoms with E-state index in [4.69, 9.17) is 15.2 Å². The van der Waals surface area contributed by atoms with E-state index in [0.29, 0.717) is 54.5 Å². The molecule has 0 atom stereocenters. The fourth-order valence-corrected chi connectivity index (χ4v) is 3.13. The van der Waals surface area contributed by atoms with Gasteiger partial charge in [-0.1, -0.05) is 0 Å². The van der Waals surface area contributed by atoms with Gasteiger partial charge >= 0.3 is 0 Å². The topological polar surface area (TPSA) is 85.1 Å². The van der Waals surface area contributed by atoms with Gasteiger partial charge in [0, 0.05) is 43.0 Å². The van der Waals surface area contributed by atoms with Gasteiger partial charge in [-0.05, 0) is 42.5 Å². The molecule has 0 radical (unpaired) electrons. The molecule has 7 nitrogen and oxygen atoms in total. The van der Waals surface area contributed by atoms with Crippen LogP contribution in [0.3, 0.4) is 0 Å². The zero-order valence-electron chi connectivity index (χ0n) is 14.6. The van der Waals surface area contributed by atoms with Crippen molar-refractivity contribution in [1.29, 1.82) is 0 Å². The fraction of sp³-hybridized carbons (Fsp3) is 0.263. The van der Waals surface area contributed by atoms with E-state index in [0.717, 1.165) is 0 Å². The lowest BCUT2D eigenvalue weighted by atomic mass is 10.1. The molecule has 4 rings (SSSR count). The normalized spacial score (nSPS) is 15.3. The SMILES string of the molecule is Cl.Nc1ccc(C(=O)N2CCN(C(=O)c3ccc4c(c3)OCO4)CC2)cc1. The average Bonchev–Trinajstić information content (AvgIpc) is 3.15. The molecule has 2 aliphatic heterocycles. The van der Waals surface area contributed by atoms with Crippen LogP contribution in [0.4, 0.5) is 5.69 Å². The highest BCUT2D eigenvalue weighted by Crippen LogP contribution is 2.32. The molecule has 2 heterocycles. The molecule has 2 aliphatic rings. The molecule has 0 unspecified atom stereocenters. The Hall–Kier alpha value is -2.93. The van der Waals surface area contributed by atoms with E-state index < -0.39 is 0 Å². The number of hydrogen-bond acceptors (Lipinski definition) is 5. The lowest BCUT2D eigenvalue weighted by Gasteiger charge is -2.35. The zero-order valence-corrected chi connectivity index (χ0v) is 15.4. The summed E-state index contributed by atoms with van der Waals surface area (Å²) in [6.45, 7) is 2.17. The number of amides is 2. The molecule has 2 amide bonds. The van der Waals surface area contributed by atoms with Crippen LogP contribution in [0.15, 0.2) is 42.5 Å². The number of carbonyl (C=O) groups excluding carboxylic acids is 2. The van der Waals surface area contributed by atoms with Crippen molar-refractivity contribution in [3.63, 3.8) is 0 Å². The summed E-state index contributed by atoms with van der Waals surface area (Å²) in [6.07, 6.45) is 0. The molecule has 0 aliphatic carbocycles. The maximum Gasteiger partial charge on any atom is 0.254 e. The van der Waals surface area contributed by atoms with Crippen molar-refractivity contribution in [3.8, 4) is 11.5 Å². The molecule has 0 bridgehead atoms. The van der Waals surface area contributed by atoms with Gasteiger partial charge in [-0.25, -0.2) is 0 Å². The molecule has 1 saturated heterocycles. The molecule has 0 aromatic heterocycles. The molecule has 0 saturated carbocycles. The summed E-state index contributed by atoms with van der Waals surface area (Å²) in [5.74, 6) is 1.14. The van der Waals surface area contributed by atoms with Crippen LogP contribution >= 0.6 is 12.4 Å². The molecule has 1 fully saturated rings. The molecule has 8 heteroatoms. The first-order valence-electron chi connectivity index (χ1n) is 8.45. The average molecular weight is 390 g/mol. The first-order valence-corrected chi connectivity index (χ1v) is 8.45. The van der Waals surface area contributed by atoms with E-state index in [1.54, 1.807) is 52.3 Å². The van der Waals surface area contributed by atoms with Crippen LogP contribution in [0, 0.1) is 0 Å². The van der Waals surface area contributed by atoms with E-state index in [9.17, 15) is 9.59 Å². The Morgan fingerprint density at radius 3 is 1.93 bits per heavy atom. The minimum atomic E-state index is -0.0668. The third-order valence-electron chi connectivity index (χ3n) is 4.63. The number of piperazine rings is 1. The van der Waals surface area contributed by atoms with Crippen LogP contribution in [0.5, 0.6) is 11.5 Å². The maximum atomic E-state index is 12.7. The summed E-state index contributed by atoms with van der Waals surface area (Å²) in [5.41, 5.74) is 7.45. The number of carbonyl (C=O) groups is 2. The number of fused-ring (bicyclic) bond motifs is 1. The lowest BCUT2D eigenvalue weighted by Crippen LogP contribution is -2.50. The molecule has 27 heavy (non-hydrogen) atoms. The Balaban J connectivity index is 0.00000210. The van der Waals surface area contributed by atoms with Crippen molar-refractivity contribution in [2.24, 2.45) is 0 Å². The molecule has 0 spiro atoms.